The van der Waals surface area contributed by atoms with Gasteiger partial charge in [0.15, 0.2) is 5.96 Å². The Labute approximate surface area is 160 Å². The molecule has 1 rings (SSSR count). The Morgan fingerprint density at radius 2 is 1.69 bits per heavy atom. The monoisotopic (exact) mass is 389 g/mol. The number of sulfonamides is 1. The fourth-order valence-corrected chi connectivity index (χ4v) is 4.55. The smallest absolute Gasteiger partial charge is 0.209 e. The highest BCUT2D eigenvalue weighted by atomic mass is 32.2. The number of hydrogen-bond donors (Lipinski definition) is 3. The molecule has 0 radical (unpaired) electrons. The van der Waals surface area contributed by atoms with Crippen molar-refractivity contribution in [2.24, 2.45) is 10.9 Å². The second-order valence-corrected chi connectivity index (χ2v) is 10.1. The van der Waals surface area contributed by atoms with Gasteiger partial charge in [-0.25, -0.2) is 13.1 Å². The largest absolute Gasteiger partial charge is 0.355 e. The zero-order chi connectivity index (χ0) is 19.8. The second kappa shape index (κ2) is 10.5. The van der Waals surface area contributed by atoms with Crippen LogP contribution in [0.25, 0.3) is 0 Å². The average molecular weight is 390 g/mol. The zero-order valence-electron chi connectivity index (χ0n) is 17.4. The van der Waals surface area contributed by atoms with Crippen LogP contribution in [0.5, 0.6) is 0 Å². The number of guanidine groups is 1. The van der Waals surface area contributed by atoms with Crippen molar-refractivity contribution in [2.75, 3.05) is 39.5 Å². The molecule has 1 aliphatic rings. The first-order chi connectivity index (χ1) is 12.0. The van der Waals surface area contributed by atoms with Crippen molar-refractivity contribution in [3.63, 3.8) is 0 Å². The maximum Gasteiger partial charge on any atom is 0.209 e. The van der Waals surface area contributed by atoms with E-state index in [-0.39, 0.29) is 0 Å². The lowest BCUT2D eigenvalue weighted by Crippen LogP contribution is -2.54. The number of rotatable bonds is 8. The van der Waals surface area contributed by atoms with E-state index in [0.29, 0.717) is 24.5 Å². The van der Waals surface area contributed by atoms with Gasteiger partial charge in [-0.15, -0.1) is 0 Å². The topological polar surface area (TPSA) is 85.8 Å². The van der Waals surface area contributed by atoms with E-state index in [1.54, 1.807) is 7.05 Å². The lowest BCUT2D eigenvalue weighted by molar-refractivity contribution is 0.161. The van der Waals surface area contributed by atoms with E-state index >= 15 is 0 Å². The highest BCUT2D eigenvalue weighted by Crippen LogP contribution is 2.17. The summed E-state index contributed by atoms with van der Waals surface area (Å²) in [5.41, 5.74) is -0.590. The highest BCUT2D eigenvalue weighted by Gasteiger charge is 2.24. The summed E-state index contributed by atoms with van der Waals surface area (Å²) in [5.74, 6) is 1.26. The maximum absolute atomic E-state index is 11.5. The van der Waals surface area contributed by atoms with Gasteiger partial charge in [-0.2, -0.15) is 0 Å². The van der Waals surface area contributed by atoms with Crippen LogP contribution in [-0.4, -0.2) is 70.3 Å². The summed E-state index contributed by atoms with van der Waals surface area (Å²) in [6.45, 7) is 11.9. The van der Waals surface area contributed by atoms with Crippen LogP contribution in [-0.2, 0) is 10.0 Å². The Hall–Kier alpha value is -0.860. The molecule has 0 bridgehead atoms. The number of hydrogen-bond acceptors (Lipinski definition) is 4. The zero-order valence-corrected chi connectivity index (χ0v) is 18.2. The van der Waals surface area contributed by atoms with Gasteiger partial charge in [0, 0.05) is 31.7 Å². The molecule has 0 aromatic rings. The Bertz CT molecular complexity index is 538. The van der Waals surface area contributed by atoms with Gasteiger partial charge in [0.1, 0.15) is 0 Å². The second-order valence-electron chi connectivity index (χ2n) is 8.33. The van der Waals surface area contributed by atoms with Crippen molar-refractivity contribution < 1.29 is 8.42 Å². The highest BCUT2D eigenvalue weighted by molar-refractivity contribution is 7.88. The summed E-state index contributed by atoms with van der Waals surface area (Å²) in [6, 6.07) is 0.466. The Kier molecular flexibility index (Phi) is 9.33. The van der Waals surface area contributed by atoms with Gasteiger partial charge in [-0.1, -0.05) is 26.7 Å². The Balaban J connectivity index is 2.57. The molecule has 7 nitrogen and oxygen atoms in total. The molecule has 1 atom stereocenters. The van der Waals surface area contributed by atoms with Crippen LogP contribution >= 0.6 is 0 Å². The molecule has 1 unspecified atom stereocenters. The fourth-order valence-electron chi connectivity index (χ4n) is 3.48. The van der Waals surface area contributed by atoms with Gasteiger partial charge in [-0.3, -0.25) is 9.89 Å². The van der Waals surface area contributed by atoms with Gasteiger partial charge >= 0.3 is 0 Å². The molecule has 26 heavy (non-hydrogen) atoms. The first-order valence-electron chi connectivity index (χ1n) is 9.71. The Morgan fingerprint density at radius 1 is 1.12 bits per heavy atom. The molecule has 0 amide bonds. The minimum Gasteiger partial charge on any atom is -0.355 e. The normalized spacial score (nSPS) is 19.3. The van der Waals surface area contributed by atoms with Crippen molar-refractivity contribution in [3.8, 4) is 0 Å². The summed E-state index contributed by atoms with van der Waals surface area (Å²) in [7, 11) is -1.51. The van der Waals surface area contributed by atoms with Gasteiger partial charge < -0.3 is 10.6 Å². The van der Waals surface area contributed by atoms with E-state index in [0.717, 1.165) is 6.54 Å². The molecule has 154 valence electrons. The SMILES string of the molecule is CN=C(NCC(C(C)C)N1CCCCCC1)NCC(C)(C)NS(C)(=O)=O. The lowest BCUT2D eigenvalue weighted by Gasteiger charge is -2.34. The number of nitrogens with one attached hydrogen (secondary N) is 3. The molecular weight excluding hydrogens is 350 g/mol. The minimum absolute atomic E-state index is 0.454. The van der Waals surface area contributed by atoms with E-state index < -0.39 is 15.6 Å². The van der Waals surface area contributed by atoms with Crippen molar-refractivity contribution in [1.82, 2.24) is 20.3 Å². The summed E-state index contributed by atoms with van der Waals surface area (Å²) in [4.78, 5) is 6.89. The molecule has 0 aliphatic carbocycles. The van der Waals surface area contributed by atoms with Crippen molar-refractivity contribution >= 4 is 16.0 Å². The van der Waals surface area contributed by atoms with E-state index in [9.17, 15) is 8.42 Å². The van der Waals surface area contributed by atoms with Crippen LogP contribution in [0.2, 0.25) is 0 Å². The molecule has 3 N–H and O–H groups in total. The third-order valence-electron chi connectivity index (χ3n) is 4.74. The van der Waals surface area contributed by atoms with E-state index in [1.165, 1.54) is 45.0 Å². The van der Waals surface area contributed by atoms with Crippen molar-refractivity contribution in [3.05, 3.63) is 0 Å². The summed E-state index contributed by atoms with van der Waals surface area (Å²) in [5, 5.41) is 6.66. The van der Waals surface area contributed by atoms with Crippen LogP contribution in [0.3, 0.4) is 0 Å². The molecule has 0 aromatic heterocycles. The summed E-state index contributed by atoms with van der Waals surface area (Å²) >= 11 is 0. The van der Waals surface area contributed by atoms with E-state index in [2.05, 4.69) is 39.1 Å². The molecule has 0 saturated carbocycles. The van der Waals surface area contributed by atoms with E-state index in [4.69, 9.17) is 0 Å². The molecule has 1 fully saturated rings. The van der Waals surface area contributed by atoms with Gasteiger partial charge in [0.05, 0.1) is 6.26 Å². The molecule has 8 heteroatoms. The molecule has 1 heterocycles. The first kappa shape index (κ1) is 23.2. The number of aliphatic imine (C=N–C) groups is 1. The average Bonchev–Trinajstić information content (AvgIpc) is 2.77. The number of likely N-dealkylation sites (tertiary alicyclic amines) is 1. The fraction of sp³-hybridized carbons (Fsp3) is 0.944. The van der Waals surface area contributed by atoms with Crippen molar-refractivity contribution in [2.45, 2.75) is 65.0 Å². The molecular formula is C18H39N5O2S. The summed E-state index contributed by atoms with van der Waals surface area (Å²) in [6.07, 6.45) is 6.40. The third-order valence-corrected chi connectivity index (χ3v) is 5.66. The first-order valence-corrected chi connectivity index (χ1v) is 11.6. The minimum atomic E-state index is -3.25. The van der Waals surface area contributed by atoms with Crippen LogP contribution in [0, 0.1) is 5.92 Å². The predicted octanol–water partition coefficient (Wildman–Crippen LogP) is 1.38. The number of nitrogens with zero attached hydrogens (tertiary/aromatic N) is 2. The summed E-state index contributed by atoms with van der Waals surface area (Å²) < 4.78 is 25.6. The third kappa shape index (κ3) is 9.19. The molecule has 1 aliphatic heterocycles. The van der Waals surface area contributed by atoms with E-state index in [1.807, 2.05) is 13.8 Å². The van der Waals surface area contributed by atoms with Crippen LogP contribution in [0.1, 0.15) is 53.4 Å². The lowest BCUT2D eigenvalue weighted by atomic mass is 10.0. The van der Waals surface area contributed by atoms with Crippen LogP contribution < -0.4 is 15.4 Å². The standard InChI is InChI=1S/C18H39N5O2S/c1-15(2)16(23-11-9-7-8-10-12-23)13-20-17(19-5)21-14-18(3,4)22-26(6,24)25/h15-16,22H,7-14H2,1-6H3,(H2,19,20,21). The van der Waals surface area contributed by atoms with Crippen LogP contribution in [0.15, 0.2) is 4.99 Å². The quantitative estimate of drug-likeness (QED) is 0.431. The molecule has 1 saturated heterocycles. The van der Waals surface area contributed by atoms with Crippen molar-refractivity contribution in [1.29, 1.82) is 0 Å². The Morgan fingerprint density at radius 3 is 2.15 bits per heavy atom. The van der Waals surface area contributed by atoms with Gasteiger partial charge in [0.2, 0.25) is 10.0 Å². The predicted molar refractivity (Wildman–Crippen MR) is 110 cm³/mol. The molecule has 0 spiro atoms. The van der Waals surface area contributed by atoms with Gasteiger partial charge in [0.25, 0.3) is 0 Å². The van der Waals surface area contributed by atoms with Crippen LogP contribution in [0.4, 0.5) is 0 Å². The maximum atomic E-state index is 11.5. The van der Waals surface area contributed by atoms with Gasteiger partial charge in [-0.05, 0) is 45.7 Å². The molecule has 0 aromatic carbocycles.